The summed E-state index contributed by atoms with van der Waals surface area (Å²) in [5.74, 6) is 1.47. The second-order valence-electron chi connectivity index (χ2n) is 5.47. The summed E-state index contributed by atoms with van der Waals surface area (Å²) in [6.45, 7) is 1.95. The monoisotopic (exact) mass is 325 g/mol. The predicted molar refractivity (Wildman–Crippen MR) is 87.9 cm³/mol. The van der Waals surface area contributed by atoms with E-state index < -0.39 is 0 Å². The van der Waals surface area contributed by atoms with Gasteiger partial charge in [0.1, 0.15) is 0 Å². The average molecular weight is 326 g/mol. The van der Waals surface area contributed by atoms with Crippen LogP contribution in [0.3, 0.4) is 0 Å². The highest BCUT2D eigenvalue weighted by molar-refractivity contribution is 5.85. The van der Waals surface area contributed by atoms with Crippen LogP contribution in [0, 0.1) is 5.92 Å². The number of aliphatic hydroxyl groups is 1. The fourth-order valence-electron chi connectivity index (χ4n) is 2.18. The number of hydrogen-bond acceptors (Lipinski definition) is 5. The molecule has 2 aromatic rings. The molecule has 2 rings (SSSR count). The minimum atomic E-state index is -0.245. The molecule has 0 aliphatic rings. The quantitative estimate of drug-likeness (QED) is 0.777. The first-order chi connectivity index (χ1) is 10.2. The highest BCUT2D eigenvalue weighted by Gasteiger charge is 2.16. The van der Waals surface area contributed by atoms with E-state index >= 15 is 0 Å². The molecular formula is C16H24ClN3O2. The summed E-state index contributed by atoms with van der Waals surface area (Å²) in [5.41, 5.74) is 7.10. The minimum Gasteiger partial charge on any atom is -0.395 e. The van der Waals surface area contributed by atoms with E-state index in [0.717, 1.165) is 19.3 Å². The van der Waals surface area contributed by atoms with Gasteiger partial charge >= 0.3 is 0 Å². The van der Waals surface area contributed by atoms with Gasteiger partial charge in [0.05, 0.1) is 6.61 Å². The molecular weight excluding hydrogens is 302 g/mol. The molecule has 122 valence electrons. The molecule has 2 atom stereocenters. The van der Waals surface area contributed by atoms with Gasteiger partial charge in [-0.2, -0.15) is 4.98 Å². The molecule has 0 radical (unpaired) electrons. The van der Waals surface area contributed by atoms with Crippen LogP contribution < -0.4 is 5.73 Å². The number of aryl methyl sites for hydroxylation is 2. The Morgan fingerprint density at radius 3 is 2.64 bits per heavy atom. The van der Waals surface area contributed by atoms with Crippen LogP contribution in [-0.4, -0.2) is 27.9 Å². The largest absolute Gasteiger partial charge is 0.395 e. The minimum absolute atomic E-state index is 0. The van der Waals surface area contributed by atoms with E-state index in [1.807, 2.05) is 25.1 Å². The van der Waals surface area contributed by atoms with E-state index in [4.69, 9.17) is 15.4 Å². The Balaban J connectivity index is 0.00000242. The molecule has 0 saturated heterocycles. The Bertz CT molecular complexity index is 533. The lowest BCUT2D eigenvalue weighted by Gasteiger charge is -2.14. The number of rotatable bonds is 8. The number of aliphatic hydroxyl groups excluding tert-OH is 1. The summed E-state index contributed by atoms with van der Waals surface area (Å²) in [6, 6.07) is 10.1. The molecule has 0 fully saturated rings. The van der Waals surface area contributed by atoms with Crippen molar-refractivity contribution in [3.8, 4) is 0 Å². The van der Waals surface area contributed by atoms with Crippen LogP contribution in [0.5, 0.6) is 0 Å². The van der Waals surface area contributed by atoms with Gasteiger partial charge in [0.2, 0.25) is 5.89 Å². The van der Waals surface area contributed by atoms with E-state index in [0.29, 0.717) is 18.1 Å². The van der Waals surface area contributed by atoms with Crippen LogP contribution >= 0.6 is 12.4 Å². The number of aromatic nitrogens is 2. The third-order valence-electron chi connectivity index (χ3n) is 3.66. The average Bonchev–Trinajstić information content (AvgIpc) is 2.95. The van der Waals surface area contributed by atoms with Crippen molar-refractivity contribution in [3.63, 3.8) is 0 Å². The zero-order chi connectivity index (χ0) is 15.1. The van der Waals surface area contributed by atoms with Crippen molar-refractivity contribution in [1.82, 2.24) is 10.1 Å². The van der Waals surface area contributed by atoms with Crippen LogP contribution in [0.2, 0.25) is 0 Å². The van der Waals surface area contributed by atoms with Crippen molar-refractivity contribution in [2.45, 2.75) is 38.6 Å². The standard InChI is InChI=1S/C16H23N3O2.ClH/c1-12(14(17)11-20)10-15-18-16(21-19-15)9-5-8-13-6-3-2-4-7-13;/h2-4,6-7,12,14,20H,5,8-11,17H2,1H3;1H. The highest BCUT2D eigenvalue weighted by Crippen LogP contribution is 2.11. The molecule has 0 saturated carbocycles. The zero-order valence-corrected chi connectivity index (χ0v) is 13.6. The molecule has 3 N–H and O–H groups in total. The molecule has 0 aliphatic carbocycles. The normalized spacial score (nSPS) is 13.4. The van der Waals surface area contributed by atoms with Gasteiger partial charge in [-0.05, 0) is 24.3 Å². The zero-order valence-electron chi connectivity index (χ0n) is 12.8. The molecule has 6 heteroatoms. The maximum Gasteiger partial charge on any atom is 0.226 e. The number of nitrogens with two attached hydrogens (primary N) is 1. The second kappa shape index (κ2) is 9.56. The third kappa shape index (κ3) is 5.75. The van der Waals surface area contributed by atoms with Crippen LogP contribution in [0.25, 0.3) is 0 Å². The molecule has 0 amide bonds. The van der Waals surface area contributed by atoms with Crippen molar-refractivity contribution in [3.05, 3.63) is 47.6 Å². The number of nitrogens with zero attached hydrogens (tertiary/aromatic N) is 2. The molecule has 0 bridgehead atoms. The van der Waals surface area contributed by atoms with Gasteiger partial charge in [0.25, 0.3) is 0 Å². The summed E-state index contributed by atoms with van der Waals surface area (Å²) in [6.07, 6.45) is 3.40. The first kappa shape index (κ1) is 18.6. The molecule has 1 heterocycles. The van der Waals surface area contributed by atoms with Gasteiger partial charge in [-0.15, -0.1) is 12.4 Å². The summed E-state index contributed by atoms with van der Waals surface area (Å²) in [7, 11) is 0. The van der Waals surface area contributed by atoms with Crippen LogP contribution in [0.1, 0.15) is 30.6 Å². The number of halogens is 1. The topological polar surface area (TPSA) is 85.2 Å². The van der Waals surface area contributed by atoms with Gasteiger partial charge in [0.15, 0.2) is 5.82 Å². The van der Waals surface area contributed by atoms with Crippen molar-refractivity contribution in [1.29, 1.82) is 0 Å². The highest BCUT2D eigenvalue weighted by atomic mass is 35.5. The fourth-order valence-corrected chi connectivity index (χ4v) is 2.18. The third-order valence-corrected chi connectivity index (χ3v) is 3.66. The lowest BCUT2D eigenvalue weighted by atomic mass is 9.99. The Morgan fingerprint density at radius 2 is 1.95 bits per heavy atom. The van der Waals surface area contributed by atoms with Gasteiger partial charge in [-0.1, -0.05) is 42.4 Å². The lowest BCUT2D eigenvalue weighted by Crippen LogP contribution is -2.33. The maximum absolute atomic E-state index is 9.02. The van der Waals surface area contributed by atoms with E-state index in [1.54, 1.807) is 0 Å². The fraction of sp³-hybridized carbons (Fsp3) is 0.500. The van der Waals surface area contributed by atoms with Crippen molar-refractivity contribution >= 4 is 12.4 Å². The first-order valence-corrected chi connectivity index (χ1v) is 7.41. The summed E-state index contributed by atoms with van der Waals surface area (Å²) in [5, 5.41) is 13.0. The Labute approximate surface area is 137 Å². The van der Waals surface area contributed by atoms with Crippen molar-refractivity contribution in [2.75, 3.05) is 6.61 Å². The number of benzene rings is 1. The maximum atomic E-state index is 9.02. The Kier molecular flexibility index (Phi) is 8.09. The second-order valence-corrected chi connectivity index (χ2v) is 5.47. The molecule has 0 spiro atoms. The van der Waals surface area contributed by atoms with E-state index in [-0.39, 0.29) is 31.0 Å². The van der Waals surface area contributed by atoms with Crippen LogP contribution in [0.4, 0.5) is 0 Å². The van der Waals surface area contributed by atoms with Gasteiger partial charge < -0.3 is 15.4 Å². The van der Waals surface area contributed by atoms with Crippen molar-refractivity contribution < 1.29 is 9.63 Å². The molecule has 2 unspecified atom stereocenters. The summed E-state index contributed by atoms with van der Waals surface area (Å²) < 4.78 is 5.25. The Morgan fingerprint density at radius 1 is 1.23 bits per heavy atom. The van der Waals surface area contributed by atoms with E-state index in [2.05, 4.69) is 22.3 Å². The van der Waals surface area contributed by atoms with Crippen LogP contribution in [0.15, 0.2) is 34.9 Å². The molecule has 1 aromatic carbocycles. The van der Waals surface area contributed by atoms with Crippen LogP contribution in [-0.2, 0) is 19.3 Å². The van der Waals surface area contributed by atoms with E-state index in [1.165, 1.54) is 5.56 Å². The molecule has 0 aliphatic heterocycles. The lowest BCUT2D eigenvalue weighted by molar-refractivity contribution is 0.230. The van der Waals surface area contributed by atoms with Crippen molar-refractivity contribution in [2.24, 2.45) is 11.7 Å². The summed E-state index contributed by atoms with van der Waals surface area (Å²) in [4.78, 5) is 4.38. The molecule has 22 heavy (non-hydrogen) atoms. The van der Waals surface area contributed by atoms with Gasteiger partial charge in [-0.25, -0.2) is 0 Å². The van der Waals surface area contributed by atoms with Gasteiger partial charge in [0, 0.05) is 18.9 Å². The predicted octanol–water partition coefficient (Wildman–Crippen LogP) is 2.16. The number of hydrogen-bond donors (Lipinski definition) is 2. The Hall–Kier alpha value is -1.43. The SMILES string of the molecule is CC(Cc1noc(CCCc2ccccc2)n1)C(N)CO.Cl. The van der Waals surface area contributed by atoms with E-state index in [9.17, 15) is 0 Å². The smallest absolute Gasteiger partial charge is 0.226 e. The van der Waals surface area contributed by atoms with Gasteiger partial charge in [-0.3, -0.25) is 0 Å². The first-order valence-electron chi connectivity index (χ1n) is 7.41. The summed E-state index contributed by atoms with van der Waals surface area (Å²) >= 11 is 0. The molecule has 1 aromatic heterocycles. The molecule has 5 nitrogen and oxygen atoms in total.